The smallest absolute Gasteiger partial charge is 0.256 e. The summed E-state index contributed by atoms with van der Waals surface area (Å²) in [4.78, 5) is 19.3. The number of hydrogen-bond acceptors (Lipinski definition) is 2. The Labute approximate surface area is 135 Å². The van der Waals surface area contributed by atoms with Crippen LogP contribution < -0.4 is 0 Å². The van der Waals surface area contributed by atoms with Crippen LogP contribution in [0, 0.1) is 0 Å². The van der Waals surface area contributed by atoms with E-state index in [4.69, 9.17) is 0 Å². The van der Waals surface area contributed by atoms with E-state index in [2.05, 4.69) is 17.1 Å². The minimum absolute atomic E-state index is 0.0470. The highest BCUT2D eigenvalue weighted by atomic mass is 16.2. The summed E-state index contributed by atoms with van der Waals surface area (Å²) in [6.45, 7) is 0.579. The number of benzene rings is 2. The van der Waals surface area contributed by atoms with Crippen LogP contribution in [0.3, 0.4) is 0 Å². The maximum Gasteiger partial charge on any atom is 0.256 e. The van der Waals surface area contributed by atoms with Gasteiger partial charge in [-0.15, -0.1) is 0 Å². The first-order chi connectivity index (χ1) is 11.3. The predicted octanol–water partition coefficient (Wildman–Crippen LogP) is 3.83. The highest BCUT2D eigenvalue weighted by molar-refractivity contribution is 5.99. The Morgan fingerprint density at radius 1 is 0.870 bits per heavy atom. The van der Waals surface area contributed by atoms with Gasteiger partial charge in [0.1, 0.15) is 6.04 Å². The number of fused-ring (bicyclic) bond motifs is 1. The zero-order valence-corrected chi connectivity index (χ0v) is 12.6. The van der Waals surface area contributed by atoms with Gasteiger partial charge >= 0.3 is 0 Å². The summed E-state index contributed by atoms with van der Waals surface area (Å²) in [7, 11) is 0. The lowest BCUT2D eigenvalue weighted by atomic mass is 10.0. The molecule has 1 aliphatic rings. The van der Waals surface area contributed by atoms with Crippen molar-refractivity contribution in [2.75, 3.05) is 0 Å². The molecule has 0 bridgehead atoms. The Kier molecular flexibility index (Phi) is 3.39. The van der Waals surface area contributed by atoms with Crippen LogP contribution >= 0.6 is 0 Å². The third-order valence-electron chi connectivity index (χ3n) is 4.21. The fraction of sp³-hybridized carbons (Fsp3) is 0.100. The van der Waals surface area contributed by atoms with Crippen molar-refractivity contribution in [3.8, 4) is 0 Å². The molecule has 112 valence electrons. The van der Waals surface area contributed by atoms with E-state index in [0.717, 1.165) is 16.8 Å². The van der Waals surface area contributed by atoms with Gasteiger partial charge in [0.25, 0.3) is 5.91 Å². The first-order valence-corrected chi connectivity index (χ1v) is 7.69. The number of hydrogen-bond donors (Lipinski definition) is 0. The molecule has 1 unspecified atom stereocenters. The molecule has 3 heteroatoms. The van der Waals surface area contributed by atoms with Gasteiger partial charge < -0.3 is 4.90 Å². The number of aromatic nitrogens is 1. The van der Waals surface area contributed by atoms with Gasteiger partial charge in [-0.2, -0.15) is 0 Å². The average molecular weight is 300 g/mol. The zero-order valence-electron chi connectivity index (χ0n) is 12.6. The minimum Gasteiger partial charge on any atom is -0.322 e. The van der Waals surface area contributed by atoms with Crippen LogP contribution in [-0.4, -0.2) is 15.8 Å². The molecule has 3 aromatic rings. The van der Waals surface area contributed by atoms with Gasteiger partial charge in [-0.25, -0.2) is 0 Å². The molecular formula is C20H16N2O. The molecule has 0 fully saturated rings. The van der Waals surface area contributed by atoms with Crippen molar-refractivity contribution in [3.63, 3.8) is 0 Å². The van der Waals surface area contributed by atoms with Gasteiger partial charge in [0, 0.05) is 12.7 Å². The second kappa shape index (κ2) is 5.69. The van der Waals surface area contributed by atoms with E-state index in [1.807, 2.05) is 65.6 Å². The Balaban J connectivity index is 1.79. The van der Waals surface area contributed by atoms with E-state index in [1.54, 1.807) is 6.20 Å². The summed E-state index contributed by atoms with van der Waals surface area (Å²) < 4.78 is 0. The molecule has 2 heterocycles. The number of pyridine rings is 1. The van der Waals surface area contributed by atoms with Crippen molar-refractivity contribution in [1.82, 2.24) is 9.88 Å². The van der Waals surface area contributed by atoms with Crippen LogP contribution in [-0.2, 0) is 6.54 Å². The Morgan fingerprint density at radius 2 is 1.57 bits per heavy atom. The molecule has 4 rings (SSSR count). The minimum atomic E-state index is -0.125. The van der Waals surface area contributed by atoms with Crippen molar-refractivity contribution in [2.45, 2.75) is 12.6 Å². The monoisotopic (exact) mass is 300 g/mol. The molecular weight excluding hydrogens is 284 g/mol. The SMILES string of the molecule is O=C1c2cccnc2C(c2ccccc2)N1Cc1ccccc1. The molecule has 1 aliphatic heterocycles. The highest BCUT2D eigenvalue weighted by Crippen LogP contribution is 2.37. The summed E-state index contributed by atoms with van der Waals surface area (Å²) in [5.74, 6) is 0.0470. The third-order valence-corrected chi connectivity index (χ3v) is 4.21. The Hall–Kier alpha value is -2.94. The maximum absolute atomic E-state index is 12.9. The summed E-state index contributed by atoms with van der Waals surface area (Å²) in [6.07, 6.45) is 1.76. The zero-order chi connectivity index (χ0) is 15.6. The van der Waals surface area contributed by atoms with Gasteiger partial charge in [0.05, 0.1) is 11.3 Å². The van der Waals surface area contributed by atoms with Crippen molar-refractivity contribution in [1.29, 1.82) is 0 Å². The topological polar surface area (TPSA) is 33.2 Å². The summed E-state index contributed by atoms with van der Waals surface area (Å²) in [5.41, 5.74) is 3.76. The quantitative estimate of drug-likeness (QED) is 0.736. The molecule has 0 aliphatic carbocycles. The van der Waals surface area contributed by atoms with E-state index in [9.17, 15) is 4.79 Å². The highest BCUT2D eigenvalue weighted by Gasteiger charge is 2.38. The average Bonchev–Trinajstić information content (AvgIpc) is 2.89. The molecule has 1 atom stereocenters. The summed E-state index contributed by atoms with van der Waals surface area (Å²) in [5, 5.41) is 0. The van der Waals surface area contributed by atoms with Crippen molar-refractivity contribution < 1.29 is 4.79 Å². The van der Waals surface area contributed by atoms with Gasteiger partial charge in [-0.3, -0.25) is 9.78 Å². The lowest BCUT2D eigenvalue weighted by Crippen LogP contribution is -2.28. The molecule has 1 aromatic heterocycles. The van der Waals surface area contributed by atoms with Crippen LogP contribution in [0.1, 0.15) is 33.2 Å². The molecule has 2 aromatic carbocycles. The van der Waals surface area contributed by atoms with Gasteiger partial charge in [0.2, 0.25) is 0 Å². The molecule has 1 amide bonds. The van der Waals surface area contributed by atoms with Gasteiger partial charge in [-0.05, 0) is 23.3 Å². The summed E-state index contributed by atoms with van der Waals surface area (Å²) in [6, 6.07) is 23.7. The standard InChI is InChI=1S/C20H16N2O/c23-20-17-12-7-13-21-18(17)19(16-10-5-2-6-11-16)22(20)14-15-8-3-1-4-9-15/h1-13,19H,14H2. The van der Waals surface area contributed by atoms with Crippen LogP contribution in [0.4, 0.5) is 0 Å². The fourth-order valence-electron chi connectivity index (χ4n) is 3.15. The first kappa shape index (κ1) is 13.7. The van der Waals surface area contributed by atoms with Crippen LogP contribution in [0.25, 0.3) is 0 Å². The maximum atomic E-state index is 12.9. The Bertz CT molecular complexity index is 831. The second-order valence-corrected chi connectivity index (χ2v) is 5.67. The van der Waals surface area contributed by atoms with Crippen molar-refractivity contribution in [3.05, 3.63) is 101 Å². The van der Waals surface area contributed by atoms with E-state index in [0.29, 0.717) is 12.1 Å². The lowest BCUT2D eigenvalue weighted by molar-refractivity contribution is 0.0735. The van der Waals surface area contributed by atoms with Crippen LogP contribution in [0.5, 0.6) is 0 Å². The molecule has 0 spiro atoms. The summed E-state index contributed by atoms with van der Waals surface area (Å²) >= 11 is 0. The van der Waals surface area contributed by atoms with E-state index >= 15 is 0 Å². The molecule has 0 radical (unpaired) electrons. The van der Waals surface area contributed by atoms with Crippen molar-refractivity contribution >= 4 is 5.91 Å². The predicted molar refractivity (Wildman–Crippen MR) is 88.8 cm³/mol. The van der Waals surface area contributed by atoms with Crippen LogP contribution in [0.15, 0.2) is 79.0 Å². The lowest BCUT2D eigenvalue weighted by Gasteiger charge is -2.25. The molecule has 3 nitrogen and oxygen atoms in total. The molecule has 0 N–H and O–H groups in total. The fourth-order valence-corrected chi connectivity index (χ4v) is 3.15. The largest absolute Gasteiger partial charge is 0.322 e. The molecule has 0 saturated carbocycles. The normalized spacial score (nSPS) is 16.4. The molecule has 23 heavy (non-hydrogen) atoms. The van der Waals surface area contributed by atoms with E-state index in [-0.39, 0.29) is 11.9 Å². The number of carbonyl (C=O) groups excluding carboxylic acids is 1. The van der Waals surface area contributed by atoms with Gasteiger partial charge in [0.15, 0.2) is 0 Å². The second-order valence-electron chi connectivity index (χ2n) is 5.67. The first-order valence-electron chi connectivity index (χ1n) is 7.69. The van der Waals surface area contributed by atoms with Crippen molar-refractivity contribution in [2.24, 2.45) is 0 Å². The van der Waals surface area contributed by atoms with E-state index < -0.39 is 0 Å². The molecule has 0 saturated heterocycles. The number of carbonyl (C=O) groups is 1. The number of amides is 1. The van der Waals surface area contributed by atoms with Gasteiger partial charge in [-0.1, -0.05) is 60.7 Å². The van der Waals surface area contributed by atoms with Crippen LogP contribution in [0.2, 0.25) is 0 Å². The number of rotatable bonds is 3. The number of nitrogens with zero attached hydrogens (tertiary/aromatic N) is 2. The third kappa shape index (κ3) is 2.40. The Morgan fingerprint density at radius 3 is 2.30 bits per heavy atom. The van der Waals surface area contributed by atoms with E-state index in [1.165, 1.54) is 0 Å².